The number of hydrogen-bond donors (Lipinski definition) is 1. The van der Waals surface area contributed by atoms with E-state index < -0.39 is 0 Å². The molecule has 94 valence electrons. The summed E-state index contributed by atoms with van der Waals surface area (Å²) in [7, 11) is 0. The van der Waals surface area contributed by atoms with Crippen LogP contribution in [0.5, 0.6) is 0 Å². The van der Waals surface area contributed by atoms with Crippen LogP contribution in [0.15, 0.2) is 11.6 Å². The molecule has 1 saturated carbocycles. The Morgan fingerprint density at radius 1 is 1.25 bits per heavy atom. The summed E-state index contributed by atoms with van der Waals surface area (Å²) < 4.78 is 0. The first kappa shape index (κ1) is 13.8. The van der Waals surface area contributed by atoms with Crippen molar-refractivity contribution in [3.05, 3.63) is 11.6 Å². The predicted octanol–water partition coefficient (Wildman–Crippen LogP) is 4.28. The topological polar surface area (TPSA) is 26.0 Å². The number of nitrogens with two attached hydrogens (primary N) is 1. The molecule has 0 amide bonds. The molecule has 1 atom stereocenters. The first-order valence-electron chi connectivity index (χ1n) is 6.78. The summed E-state index contributed by atoms with van der Waals surface area (Å²) in [6, 6.07) is 0.204. The highest BCUT2D eigenvalue weighted by Crippen LogP contribution is 2.51. The zero-order chi connectivity index (χ0) is 12.4. The van der Waals surface area contributed by atoms with Crippen LogP contribution in [0.25, 0.3) is 0 Å². The highest BCUT2D eigenvalue weighted by molar-refractivity contribution is 5.15. The lowest BCUT2D eigenvalue weighted by Gasteiger charge is -2.46. The lowest BCUT2D eigenvalue weighted by molar-refractivity contribution is 0.108. The van der Waals surface area contributed by atoms with Crippen molar-refractivity contribution in [2.45, 2.75) is 72.8 Å². The van der Waals surface area contributed by atoms with Crippen molar-refractivity contribution in [2.75, 3.05) is 0 Å². The van der Waals surface area contributed by atoms with Gasteiger partial charge in [0.15, 0.2) is 0 Å². The maximum Gasteiger partial charge on any atom is 0.0197 e. The molecule has 1 heteroatoms. The molecule has 0 bridgehead atoms. The van der Waals surface area contributed by atoms with Gasteiger partial charge in [0.25, 0.3) is 0 Å². The second-order valence-electron chi connectivity index (χ2n) is 6.59. The van der Waals surface area contributed by atoms with Gasteiger partial charge in [0.05, 0.1) is 0 Å². The largest absolute Gasteiger partial charge is 0.325 e. The Balaban J connectivity index is 2.93. The van der Waals surface area contributed by atoms with E-state index in [9.17, 15) is 0 Å². The van der Waals surface area contributed by atoms with Gasteiger partial charge in [-0.1, -0.05) is 52.2 Å². The van der Waals surface area contributed by atoms with E-state index in [1.165, 1.54) is 32.1 Å². The Labute approximate surface area is 101 Å². The van der Waals surface area contributed by atoms with Crippen LogP contribution in [-0.2, 0) is 0 Å². The van der Waals surface area contributed by atoms with E-state index in [1.54, 1.807) is 5.57 Å². The molecule has 0 aromatic carbocycles. The Hall–Kier alpha value is -0.300. The molecule has 1 nitrogen and oxygen atoms in total. The molecule has 0 aromatic rings. The van der Waals surface area contributed by atoms with Crippen LogP contribution < -0.4 is 5.73 Å². The van der Waals surface area contributed by atoms with E-state index in [4.69, 9.17) is 5.73 Å². The molecule has 1 rings (SSSR count). The molecular weight excluding hydrogens is 194 g/mol. The van der Waals surface area contributed by atoms with Gasteiger partial charge in [-0.3, -0.25) is 0 Å². The average Bonchev–Trinajstić information content (AvgIpc) is 2.14. The van der Waals surface area contributed by atoms with Gasteiger partial charge in [0.2, 0.25) is 0 Å². The quantitative estimate of drug-likeness (QED) is 0.710. The molecule has 0 spiro atoms. The molecular formula is C15H29N. The molecule has 1 aliphatic carbocycles. The molecule has 1 aliphatic rings. The van der Waals surface area contributed by atoms with E-state index in [1.807, 2.05) is 0 Å². The van der Waals surface area contributed by atoms with Crippen LogP contribution in [0.2, 0.25) is 0 Å². The minimum atomic E-state index is 0.204. The van der Waals surface area contributed by atoms with Crippen molar-refractivity contribution in [3.63, 3.8) is 0 Å². The van der Waals surface area contributed by atoms with Crippen molar-refractivity contribution < 1.29 is 0 Å². The summed E-state index contributed by atoms with van der Waals surface area (Å²) in [5, 5.41) is 0. The van der Waals surface area contributed by atoms with Crippen molar-refractivity contribution in [1.29, 1.82) is 0 Å². The SMILES string of the molecule is CCC1(CC)CC(=CC(C)N)CC(C)(C)C1. The minimum Gasteiger partial charge on any atom is -0.325 e. The molecule has 1 fully saturated rings. The Kier molecular flexibility index (Phi) is 4.23. The van der Waals surface area contributed by atoms with Crippen molar-refractivity contribution in [1.82, 2.24) is 0 Å². The first-order chi connectivity index (χ1) is 7.32. The van der Waals surface area contributed by atoms with Crippen molar-refractivity contribution in [3.8, 4) is 0 Å². The van der Waals surface area contributed by atoms with E-state index in [-0.39, 0.29) is 6.04 Å². The standard InChI is InChI=1S/C15H29N/c1-6-15(7-2)10-13(8-12(3)16)9-14(4,5)11-15/h8,12H,6-7,9-11,16H2,1-5H3. The highest BCUT2D eigenvalue weighted by Gasteiger charge is 2.39. The fourth-order valence-corrected chi connectivity index (χ4v) is 3.54. The normalized spacial score (nSPS) is 28.0. The predicted molar refractivity (Wildman–Crippen MR) is 72.4 cm³/mol. The Bertz CT molecular complexity index is 257. The van der Waals surface area contributed by atoms with Crippen LogP contribution >= 0.6 is 0 Å². The summed E-state index contributed by atoms with van der Waals surface area (Å²) in [5.74, 6) is 0. The average molecular weight is 223 g/mol. The molecule has 16 heavy (non-hydrogen) atoms. The van der Waals surface area contributed by atoms with Crippen LogP contribution in [0.4, 0.5) is 0 Å². The second-order valence-corrected chi connectivity index (χ2v) is 6.59. The van der Waals surface area contributed by atoms with Crippen LogP contribution in [-0.4, -0.2) is 6.04 Å². The fraction of sp³-hybridized carbons (Fsp3) is 0.867. The molecule has 0 radical (unpaired) electrons. The van der Waals surface area contributed by atoms with E-state index in [0.29, 0.717) is 10.8 Å². The minimum absolute atomic E-state index is 0.204. The number of hydrogen-bond acceptors (Lipinski definition) is 1. The summed E-state index contributed by atoms with van der Waals surface area (Å²) >= 11 is 0. The van der Waals surface area contributed by atoms with Crippen molar-refractivity contribution >= 4 is 0 Å². The van der Waals surface area contributed by atoms with Gasteiger partial charge in [-0.05, 0) is 37.0 Å². The molecule has 0 aliphatic heterocycles. The van der Waals surface area contributed by atoms with Gasteiger partial charge in [-0.15, -0.1) is 0 Å². The zero-order valence-corrected chi connectivity index (χ0v) is 11.8. The van der Waals surface area contributed by atoms with E-state index in [0.717, 1.165) is 0 Å². The third kappa shape index (κ3) is 3.35. The molecule has 0 saturated heterocycles. The fourth-order valence-electron chi connectivity index (χ4n) is 3.54. The van der Waals surface area contributed by atoms with Crippen LogP contribution in [0.1, 0.15) is 66.7 Å². The van der Waals surface area contributed by atoms with Crippen LogP contribution in [0, 0.1) is 10.8 Å². The smallest absolute Gasteiger partial charge is 0.0197 e. The van der Waals surface area contributed by atoms with Crippen LogP contribution in [0.3, 0.4) is 0 Å². The first-order valence-corrected chi connectivity index (χ1v) is 6.78. The lowest BCUT2D eigenvalue weighted by atomic mass is 9.59. The molecule has 2 N–H and O–H groups in total. The number of rotatable bonds is 3. The maximum atomic E-state index is 5.91. The van der Waals surface area contributed by atoms with Gasteiger partial charge >= 0.3 is 0 Å². The molecule has 0 heterocycles. The van der Waals surface area contributed by atoms with E-state index >= 15 is 0 Å². The second kappa shape index (κ2) is 4.91. The summed E-state index contributed by atoms with van der Waals surface area (Å²) in [5.41, 5.74) is 8.48. The Morgan fingerprint density at radius 3 is 2.25 bits per heavy atom. The van der Waals surface area contributed by atoms with E-state index in [2.05, 4.69) is 40.7 Å². The van der Waals surface area contributed by atoms with Gasteiger partial charge in [0.1, 0.15) is 0 Å². The van der Waals surface area contributed by atoms with Crippen molar-refractivity contribution in [2.24, 2.45) is 16.6 Å². The lowest BCUT2D eigenvalue weighted by Crippen LogP contribution is -2.34. The van der Waals surface area contributed by atoms with Gasteiger partial charge in [0, 0.05) is 6.04 Å². The zero-order valence-electron chi connectivity index (χ0n) is 11.8. The number of allylic oxidation sites excluding steroid dienone is 1. The summed E-state index contributed by atoms with van der Waals surface area (Å²) in [4.78, 5) is 0. The van der Waals surface area contributed by atoms with Gasteiger partial charge in [-0.2, -0.15) is 0 Å². The molecule has 1 unspecified atom stereocenters. The Morgan fingerprint density at radius 2 is 1.81 bits per heavy atom. The van der Waals surface area contributed by atoms with Gasteiger partial charge < -0.3 is 5.73 Å². The maximum absolute atomic E-state index is 5.91. The summed E-state index contributed by atoms with van der Waals surface area (Å²) in [6.45, 7) is 11.6. The highest BCUT2D eigenvalue weighted by atomic mass is 14.6. The molecule has 0 aromatic heterocycles. The summed E-state index contributed by atoms with van der Waals surface area (Å²) in [6.07, 6.45) is 8.75. The third-order valence-corrected chi connectivity index (χ3v) is 4.16. The monoisotopic (exact) mass is 223 g/mol. The third-order valence-electron chi connectivity index (χ3n) is 4.16. The van der Waals surface area contributed by atoms with Gasteiger partial charge in [-0.25, -0.2) is 0 Å².